The molecule has 10 heteroatoms. The largest absolute Gasteiger partial charge is 0.490 e. The summed E-state index contributed by atoms with van der Waals surface area (Å²) < 4.78 is 11.2. The average molecular weight is 472 g/mol. The third-order valence-electron chi connectivity index (χ3n) is 4.12. The van der Waals surface area contributed by atoms with Crippen molar-refractivity contribution < 1.29 is 19.2 Å². The highest BCUT2D eigenvalue weighted by atomic mass is 35.5. The van der Waals surface area contributed by atoms with Gasteiger partial charge in [0, 0.05) is 17.7 Å². The summed E-state index contributed by atoms with van der Waals surface area (Å²) in [5, 5.41) is 16.2. The number of carbonyl (C=O) groups is 1. The van der Waals surface area contributed by atoms with Gasteiger partial charge in [-0.25, -0.2) is 0 Å². The Balaban J connectivity index is 1.46. The maximum Gasteiger partial charge on any atom is 0.271 e. The Kier molecular flexibility index (Phi) is 7.96. The van der Waals surface area contributed by atoms with Crippen molar-refractivity contribution in [3.8, 4) is 11.5 Å². The molecule has 32 heavy (non-hydrogen) atoms. The molecule has 164 valence electrons. The molecule has 0 aliphatic carbocycles. The molecule has 0 heterocycles. The summed E-state index contributed by atoms with van der Waals surface area (Å²) >= 11 is 11.1. The van der Waals surface area contributed by atoms with Crippen molar-refractivity contribution in [1.82, 2.24) is 5.32 Å². The van der Waals surface area contributed by atoms with Crippen LogP contribution in [0.5, 0.6) is 11.5 Å². The lowest BCUT2D eigenvalue weighted by Crippen LogP contribution is -2.34. The third kappa shape index (κ3) is 6.66. The Labute approximate surface area is 194 Å². The first kappa shape index (κ1) is 23.0. The van der Waals surface area contributed by atoms with Crippen molar-refractivity contribution in [2.24, 2.45) is 0 Å². The number of hydrogen-bond acceptors (Lipinski definition) is 6. The van der Waals surface area contributed by atoms with Crippen LogP contribution in [0.4, 0.5) is 11.4 Å². The number of anilines is 1. The zero-order valence-electron chi connectivity index (χ0n) is 16.6. The van der Waals surface area contributed by atoms with Crippen molar-refractivity contribution in [3.63, 3.8) is 0 Å². The molecule has 0 aromatic heterocycles. The molecular weight excluding hydrogens is 454 g/mol. The molecule has 3 aromatic carbocycles. The van der Waals surface area contributed by atoms with E-state index >= 15 is 0 Å². The van der Waals surface area contributed by atoms with Crippen molar-refractivity contribution in [1.29, 1.82) is 0 Å². The van der Waals surface area contributed by atoms with E-state index in [2.05, 4.69) is 10.6 Å². The Bertz CT molecular complexity index is 1110. The number of carbonyl (C=O) groups excluding carboxylic acids is 1. The van der Waals surface area contributed by atoms with E-state index in [4.69, 9.17) is 33.3 Å². The number of benzene rings is 3. The first-order chi connectivity index (χ1) is 15.4. The highest BCUT2D eigenvalue weighted by Gasteiger charge is 2.12. The zero-order chi connectivity index (χ0) is 22.9. The Hall–Kier alpha value is -3.69. The minimum absolute atomic E-state index is 0.00383. The van der Waals surface area contributed by atoms with Gasteiger partial charge in [-0.3, -0.25) is 20.2 Å². The molecule has 0 atom stereocenters. The van der Waals surface area contributed by atoms with Gasteiger partial charge in [-0.2, -0.15) is 0 Å². The second-order valence-corrected chi connectivity index (χ2v) is 7.18. The number of thiocarbonyl (C=S) groups is 1. The highest BCUT2D eigenvalue weighted by molar-refractivity contribution is 7.80. The number of non-ortho nitro benzene ring substituents is 1. The monoisotopic (exact) mass is 471 g/mol. The van der Waals surface area contributed by atoms with E-state index in [0.29, 0.717) is 30.2 Å². The standard InChI is InChI=1S/C22H18ClN3O5S/c23-19-14-16(26(28)29)8-11-20(19)24-22(32)25-21(27)15-6-9-18(10-7-15)31-13-12-30-17-4-2-1-3-5-17/h1-11,14H,12-13H2,(H2,24,25,27,32). The second-order valence-electron chi connectivity index (χ2n) is 6.36. The van der Waals surface area contributed by atoms with Gasteiger partial charge in [-0.15, -0.1) is 0 Å². The van der Waals surface area contributed by atoms with Crippen molar-refractivity contribution in [2.45, 2.75) is 0 Å². The number of nitrogens with zero attached hydrogens (tertiary/aromatic N) is 1. The Morgan fingerprint density at radius 3 is 2.19 bits per heavy atom. The molecule has 0 unspecified atom stereocenters. The average Bonchev–Trinajstić information content (AvgIpc) is 2.79. The maximum atomic E-state index is 12.4. The van der Waals surface area contributed by atoms with E-state index in [1.54, 1.807) is 24.3 Å². The maximum absolute atomic E-state index is 12.4. The lowest BCUT2D eigenvalue weighted by Gasteiger charge is -2.11. The molecule has 3 aromatic rings. The number of nitro benzene ring substituents is 1. The second kappa shape index (κ2) is 11.1. The summed E-state index contributed by atoms with van der Waals surface area (Å²) in [5.41, 5.74) is 0.560. The smallest absolute Gasteiger partial charge is 0.271 e. The van der Waals surface area contributed by atoms with Crippen LogP contribution in [0.3, 0.4) is 0 Å². The first-order valence-corrected chi connectivity index (χ1v) is 10.2. The zero-order valence-corrected chi connectivity index (χ0v) is 18.2. The highest BCUT2D eigenvalue weighted by Crippen LogP contribution is 2.26. The molecule has 0 spiro atoms. The van der Waals surface area contributed by atoms with Crippen LogP contribution < -0.4 is 20.1 Å². The molecule has 1 amide bonds. The number of nitrogens with one attached hydrogen (secondary N) is 2. The van der Waals surface area contributed by atoms with Crippen molar-refractivity contribution in [3.05, 3.63) is 93.5 Å². The van der Waals surface area contributed by atoms with Crippen LogP contribution in [0.1, 0.15) is 10.4 Å². The number of para-hydroxylation sites is 1. The van der Waals surface area contributed by atoms with Gasteiger partial charge >= 0.3 is 0 Å². The fourth-order valence-electron chi connectivity index (χ4n) is 2.59. The fourth-order valence-corrected chi connectivity index (χ4v) is 3.01. The summed E-state index contributed by atoms with van der Waals surface area (Å²) in [6.07, 6.45) is 0. The van der Waals surface area contributed by atoms with Crippen LogP contribution in [0.15, 0.2) is 72.8 Å². The third-order valence-corrected chi connectivity index (χ3v) is 4.64. The van der Waals surface area contributed by atoms with Gasteiger partial charge in [0.25, 0.3) is 11.6 Å². The van der Waals surface area contributed by atoms with Gasteiger partial charge in [0.05, 0.1) is 15.6 Å². The lowest BCUT2D eigenvalue weighted by molar-refractivity contribution is -0.384. The molecule has 8 nitrogen and oxygen atoms in total. The summed E-state index contributed by atoms with van der Waals surface area (Å²) in [7, 11) is 0. The number of halogens is 1. The van der Waals surface area contributed by atoms with E-state index in [9.17, 15) is 14.9 Å². The van der Waals surface area contributed by atoms with Gasteiger partial charge in [0.1, 0.15) is 24.7 Å². The van der Waals surface area contributed by atoms with E-state index in [0.717, 1.165) is 5.75 Å². The van der Waals surface area contributed by atoms with Gasteiger partial charge in [-0.1, -0.05) is 29.8 Å². The van der Waals surface area contributed by atoms with Crippen LogP contribution in [-0.2, 0) is 0 Å². The van der Waals surface area contributed by atoms with E-state index in [1.165, 1.54) is 18.2 Å². The lowest BCUT2D eigenvalue weighted by atomic mass is 10.2. The number of hydrogen-bond donors (Lipinski definition) is 2. The SMILES string of the molecule is O=C(NC(=S)Nc1ccc([N+](=O)[O-])cc1Cl)c1ccc(OCCOc2ccccc2)cc1. The Morgan fingerprint density at radius 2 is 1.59 bits per heavy atom. The van der Waals surface area contributed by atoms with Gasteiger partial charge in [0.2, 0.25) is 0 Å². The van der Waals surface area contributed by atoms with E-state index in [-0.39, 0.29) is 15.8 Å². The van der Waals surface area contributed by atoms with Gasteiger partial charge < -0.3 is 14.8 Å². The number of amides is 1. The summed E-state index contributed by atoms with van der Waals surface area (Å²) in [4.78, 5) is 22.6. The van der Waals surface area contributed by atoms with E-state index < -0.39 is 10.8 Å². The summed E-state index contributed by atoms with van der Waals surface area (Å²) in [6, 6.07) is 19.8. The minimum atomic E-state index is -0.556. The normalized spacial score (nSPS) is 10.2. The van der Waals surface area contributed by atoms with Gasteiger partial charge in [0.15, 0.2) is 5.11 Å². The number of nitro groups is 1. The molecule has 0 saturated heterocycles. The van der Waals surface area contributed by atoms with Crippen LogP contribution in [0, 0.1) is 10.1 Å². The molecule has 0 aliphatic heterocycles. The topological polar surface area (TPSA) is 103 Å². The summed E-state index contributed by atoms with van der Waals surface area (Å²) in [6.45, 7) is 0.738. The molecule has 0 radical (unpaired) electrons. The predicted octanol–water partition coefficient (Wildman–Crippen LogP) is 4.83. The molecule has 2 N–H and O–H groups in total. The fraction of sp³-hybridized carbons (Fsp3) is 0.0909. The first-order valence-electron chi connectivity index (χ1n) is 9.39. The van der Waals surface area contributed by atoms with Crippen LogP contribution >= 0.6 is 23.8 Å². The predicted molar refractivity (Wildman–Crippen MR) is 126 cm³/mol. The minimum Gasteiger partial charge on any atom is -0.490 e. The number of ether oxygens (including phenoxy) is 2. The Morgan fingerprint density at radius 1 is 0.969 bits per heavy atom. The van der Waals surface area contributed by atoms with Gasteiger partial charge in [-0.05, 0) is 54.7 Å². The van der Waals surface area contributed by atoms with Crippen molar-refractivity contribution in [2.75, 3.05) is 18.5 Å². The summed E-state index contributed by atoms with van der Waals surface area (Å²) in [5.74, 6) is 0.929. The molecule has 0 bridgehead atoms. The van der Waals surface area contributed by atoms with Crippen LogP contribution in [-0.4, -0.2) is 29.2 Å². The van der Waals surface area contributed by atoms with Crippen LogP contribution in [0.2, 0.25) is 5.02 Å². The molecule has 3 rings (SSSR count). The van der Waals surface area contributed by atoms with Crippen LogP contribution in [0.25, 0.3) is 0 Å². The quantitative estimate of drug-likeness (QED) is 0.210. The number of rotatable bonds is 8. The van der Waals surface area contributed by atoms with Crippen molar-refractivity contribution >= 4 is 46.2 Å². The molecule has 0 saturated carbocycles. The molecule has 0 aliphatic rings. The van der Waals surface area contributed by atoms with E-state index in [1.807, 2.05) is 30.3 Å². The molecule has 0 fully saturated rings. The molecular formula is C22H18ClN3O5S.